The fourth-order valence-corrected chi connectivity index (χ4v) is 2.41. The lowest BCUT2D eigenvalue weighted by Gasteiger charge is -2.20. The van der Waals surface area contributed by atoms with Gasteiger partial charge in [0.2, 0.25) is 5.91 Å². The third-order valence-electron chi connectivity index (χ3n) is 3.45. The van der Waals surface area contributed by atoms with Gasteiger partial charge in [-0.3, -0.25) is 9.69 Å². The molecule has 2 aromatic rings. The first-order valence-corrected chi connectivity index (χ1v) is 8.11. The van der Waals surface area contributed by atoms with E-state index in [-0.39, 0.29) is 5.91 Å². The number of carbonyl (C=O) groups is 1. The number of hydrogen-bond donors (Lipinski definition) is 1. The Hall–Kier alpha value is -2.59. The van der Waals surface area contributed by atoms with Crippen molar-refractivity contribution in [3.63, 3.8) is 0 Å². The van der Waals surface area contributed by atoms with Crippen molar-refractivity contribution in [3.8, 4) is 5.75 Å². The summed E-state index contributed by atoms with van der Waals surface area (Å²) in [5, 5.41) is 2.92. The van der Waals surface area contributed by atoms with Crippen molar-refractivity contribution < 1.29 is 9.53 Å². The molecule has 0 saturated carbocycles. The minimum Gasteiger partial charge on any atom is -0.494 e. The molecule has 24 heavy (non-hydrogen) atoms. The number of rotatable bonds is 9. The lowest BCUT2D eigenvalue weighted by molar-refractivity contribution is -0.117. The summed E-state index contributed by atoms with van der Waals surface area (Å²) in [6.07, 6.45) is 1.81. The molecule has 4 heteroatoms. The number of nitrogens with one attached hydrogen (secondary N) is 1. The lowest BCUT2D eigenvalue weighted by Crippen LogP contribution is -2.33. The molecule has 2 rings (SSSR count). The molecule has 0 fully saturated rings. The molecule has 0 aliphatic rings. The van der Waals surface area contributed by atoms with Crippen molar-refractivity contribution in [2.45, 2.75) is 13.5 Å². The molecule has 4 nitrogen and oxygen atoms in total. The van der Waals surface area contributed by atoms with Gasteiger partial charge in [-0.25, -0.2) is 0 Å². The van der Waals surface area contributed by atoms with Crippen LogP contribution in [0.4, 0.5) is 5.69 Å². The maximum Gasteiger partial charge on any atom is 0.238 e. The third kappa shape index (κ3) is 5.89. The first kappa shape index (κ1) is 17.8. The molecule has 0 aliphatic carbocycles. The minimum atomic E-state index is -0.0445. The van der Waals surface area contributed by atoms with Crippen LogP contribution in [0.1, 0.15) is 12.5 Å². The number of anilines is 1. The van der Waals surface area contributed by atoms with Crippen LogP contribution in [0.25, 0.3) is 0 Å². The number of carbonyl (C=O) groups excluding carboxylic acids is 1. The number of hydrogen-bond acceptors (Lipinski definition) is 3. The molecule has 0 atom stereocenters. The van der Waals surface area contributed by atoms with Crippen LogP contribution in [-0.4, -0.2) is 30.5 Å². The molecule has 0 aliphatic heterocycles. The topological polar surface area (TPSA) is 41.6 Å². The summed E-state index contributed by atoms with van der Waals surface area (Å²) in [6.45, 7) is 8.02. The summed E-state index contributed by atoms with van der Waals surface area (Å²) < 4.78 is 5.40. The Labute approximate surface area is 143 Å². The highest BCUT2D eigenvalue weighted by molar-refractivity contribution is 5.92. The van der Waals surface area contributed by atoms with Gasteiger partial charge in [-0.05, 0) is 36.8 Å². The van der Waals surface area contributed by atoms with E-state index in [9.17, 15) is 4.79 Å². The summed E-state index contributed by atoms with van der Waals surface area (Å²) in [5.74, 6) is 0.754. The van der Waals surface area contributed by atoms with Gasteiger partial charge < -0.3 is 10.1 Å². The largest absolute Gasteiger partial charge is 0.494 e. The van der Waals surface area contributed by atoms with Gasteiger partial charge >= 0.3 is 0 Å². The van der Waals surface area contributed by atoms with Crippen molar-refractivity contribution >= 4 is 11.6 Å². The van der Waals surface area contributed by atoms with E-state index in [4.69, 9.17) is 4.74 Å². The Morgan fingerprint density at radius 2 is 1.88 bits per heavy atom. The molecular weight excluding hydrogens is 300 g/mol. The van der Waals surface area contributed by atoms with E-state index in [0.29, 0.717) is 26.2 Å². The summed E-state index contributed by atoms with van der Waals surface area (Å²) in [6, 6.07) is 17.5. The Balaban J connectivity index is 1.91. The van der Waals surface area contributed by atoms with Gasteiger partial charge in [0.1, 0.15) is 5.75 Å². The third-order valence-corrected chi connectivity index (χ3v) is 3.45. The molecule has 0 spiro atoms. The SMILES string of the molecule is C=CCN(CC(=O)Nc1ccc(OCC)cc1)Cc1ccccc1. The normalized spacial score (nSPS) is 10.4. The molecule has 1 amide bonds. The second-order valence-corrected chi connectivity index (χ2v) is 5.45. The molecule has 0 saturated heterocycles. The average Bonchev–Trinajstić information content (AvgIpc) is 2.58. The molecule has 1 N–H and O–H groups in total. The van der Waals surface area contributed by atoms with Gasteiger partial charge in [-0.2, -0.15) is 0 Å². The standard InChI is InChI=1S/C20H24N2O2/c1-3-14-22(15-17-8-6-5-7-9-17)16-20(23)21-18-10-12-19(13-11-18)24-4-2/h3,5-13H,1,4,14-16H2,2H3,(H,21,23). The van der Waals surface area contributed by atoms with E-state index in [1.807, 2.05) is 60.4 Å². The van der Waals surface area contributed by atoms with Crippen molar-refractivity contribution in [3.05, 3.63) is 72.8 Å². The van der Waals surface area contributed by atoms with Crippen molar-refractivity contribution in [2.24, 2.45) is 0 Å². The molecule has 0 bridgehead atoms. The zero-order chi connectivity index (χ0) is 17.2. The zero-order valence-electron chi connectivity index (χ0n) is 14.1. The van der Waals surface area contributed by atoms with Crippen molar-refractivity contribution in [1.82, 2.24) is 4.90 Å². The van der Waals surface area contributed by atoms with Gasteiger partial charge in [0.05, 0.1) is 13.2 Å². The zero-order valence-corrected chi connectivity index (χ0v) is 14.1. The van der Waals surface area contributed by atoms with Gasteiger partial charge in [0.25, 0.3) is 0 Å². The van der Waals surface area contributed by atoms with Crippen LogP contribution < -0.4 is 10.1 Å². The van der Waals surface area contributed by atoms with Crippen LogP contribution in [0.5, 0.6) is 5.75 Å². The number of benzene rings is 2. The van der Waals surface area contributed by atoms with E-state index < -0.39 is 0 Å². The average molecular weight is 324 g/mol. The predicted molar refractivity (Wildman–Crippen MR) is 98.2 cm³/mol. The number of amides is 1. The van der Waals surface area contributed by atoms with Crippen LogP contribution in [0, 0.1) is 0 Å². The van der Waals surface area contributed by atoms with E-state index in [1.165, 1.54) is 5.56 Å². The van der Waals surface area contributed by atoms with Gasteiger partial charge in [-0.1, -0.05) is 36.4 Å². The van der Waals surface area contributed by atoms with Crippen LogP contribution in [-0.2, 0) is 11.3 Å². The monoisotopic (exact) mass is 324 g/mol. The first-order chi connectivity index (χ1) is 11.7. The van der Waals surface area contributed by atoms with Gasteiger partial charge in [-0.15, -0.1) is 6.58 Å². The highest BCUT2D eigenvalue weighted by Gasteiger charge is 2.10. The fraction of sp³-hybridized carbons (Fsp3) is 0.250. The van der Waals surface area contributed by atoms with Gasteiger partial charge in [0.15, 0.2) is 0 Å². The molecule has 0 unspecified atom stereocenters. The maximum atomic E-state index is 12.3. The van der Waals surface area contributed by atoms with E-state index in [1.54, 1.807) is 0 Å². The van der Waals surface area contributed by atoms with E-state index in [0.717, 1.165) is 11.4 Å². The summed E-state index contributed by atoms with van der Waals surface area (Å²) in [4.78, 5) is 14.3. The fourth-order valence-electron chi connectivity index (χ4n) is 2.41. The van der Waals surface area contributed by atoms with Crippen LogP contribution in [0.3, 0.4) is 0 Å². The maximum absolute atomic E-state index is 12.3. The van der Waals surface area contributed by atoms with Crippen molar-refractivity contribution in [1.29, 1.82) is 0 Å². The molecule has 0 heterocycles. The first-order valence-electron chi connectivity index (χ1n) is 8.11. The van der Waals surface area contributed by atoms with Crippen molar-refractivity contribution in [2.75, 3.05) is 25.0 Å². The Morgan fingerprint density at radius 1 is 1.17 bits per heavy atom. The molecule has 126 valence electrons. The van der Waals surface area contributed by atoms with Crippen LogP contribution in [0.2, 0.25) is 0 Å². The Morgan fingerprint density at radius 3 is 2.50 bits per heavy atom. The van der Waals surface area contributed by atoms with E-state index >= 15 is 0 Å². The number of ether oxygens (including phenoxy) is 1. The smallest absolute Gasteiger partial charge is 0.238 e. The lowest BCUT2D eigenvalue weighted by atomic mass is 10.2. The Bertz CT molecular complexity index is 638. The molecule has 0 radical (unpaired) electrons. The second-order valence-electron chi connectivity index (χ2n) is 5.45. The molecular formula is C20H24N2O2. The molecule has 2 aromatic carbocycles. The van der Waals surface area contributed by atoms with Crippen LogP contribution >= 0.6 is 0 Å². The predicted octanol–water partition coefficient (Wildman–Crippen LogP) is 3.71. The second kappa shape index (κ2) is 9.53. The van der Waals surface area contributed by atoms with Gasteiger partial charge in [0, 0.05) is 18.8 Å². The quantitative estimate of drug-likeness (QED) is 0.715. The summed E-state index contributed by atoms with van der Waals surface area (Å²) >= 11 is 0. The van der Waals surface area contributed by atoms with E-state index in [2.05, 4.69) is 24.0 Å². The minimum absolute atomic E-state index is 0.0445. The Kier molecular flexibility index (Phi) is 7.05. The summed E-state index contributed by atoms with van der Waals surface area (Å²) in [5.41, 5.74) is 1.94. The summed E-state index contributed by atoms with van der Waals surface area (Å²) in [7, 11) is 0. The molecule has 0 aromatic heterocycles. The number of nitrogens with zero attached hydrogens (tertiary/aromatic N) is 1. The highest BCUT2D eigenvalue weighted by atomic mass is 16.5. The van der Waals surface area contributed by atoms with Crippen LogP contribution in [0.15, 0.2) is 67.3 Å². The highest BCUT2D eigenvalue weighted by Crippen LogP contribution is 2.15.